The second-order valence-corrected chi connectivity index (χ2v) is 7.71. The summed E-state index contributed by atoms with van der Waals surface area (Å²) in [6.07, 6.45) is 3.19. The number of aromatic carboxylic acids is 1. The van der Waals surface area contributed by atoms with E-state index in [1.165, 1.54) is 23.9 Å². The Morgan fingerprint density at radius 3 is 2.48 bits per heavy atom. The maximum Gasteiger partial charge on any atom is 0.352 e. The average Bonchev–Trinajstić information content (AvgIpc) is 3.21. The predicted octanol–water partition coefficient (Wildman–Crippen LogP) is 1.73. The Kier molecular flexibility index (Phi) is 3.77. The molecule has 1 aromatic carbocycles. The molecule has 0 atom stereocenters. The third-order valence-electron chi connectivity index (χ3n) is 4.35. The van der Waals surface area contributed by atoms with Gasteiger partial charge in [-0.2, -0.15) is 0 Å². The summed E-state index contributed by atoms with van der Waals surface area (Å²) in [7, 11) is -2.22. The molecule has 0 radical (unpaired) electrons. The molecule has 1 aliphatic rings. The van der Waals surface area contributed by atoms with Crippen LogP contribution in [0.3, 0.4) is 0 Å². The van der Waals surface area contributed by atoms with Crippen molar-refractivity contribution < 1.29 is 18.3 Å². The average molecular weight is 334 g/mol. The zero-order valence-electron chi connectivity index (χ0n) is 12.7. The monoisotopic (exact) mass is 334 g/mol. The van der Waals surface area contributed by atoms with E-state index in [1.807, 2.05) is 30.3 Å². The molecule has 1 fully saturated rings. The summed E-state index contributed by atoms with van der Waals surface area (Å²) in [5.41, 5.74) is 0.926. The zero-order chi connectivity index (χ0) is 16.7. The first-order chi connectivity index (χ1) is 10.8. The number of sulfonamides is 1. The van der Waals surface area contributed by atoms with Crippen LogP contribution in [-0.2, 0) is 22.5 Å². The van der Waals surface area contributed by atoms with Crippen LogP contribution >= 0.6 is 0 Å². The molecular weight excluding hydrogens is 316 g/mol. The topological polar surface area (TPSA) is 88.4 Å². The quantitative estimate of drug-likeness (QED) is 0.842. The van der Waals surface area contributed by atoms with Crippen molar-refractivity contribution in [3.63, 3.8) is 0 Å². The van der Waals surface area contributed by atoms with Crippen molar-refractivity contribution in [3.8, 4) is 0 Å². The highest BCUT2D eigenvalue weighted by molar-refractivity contribution is 7.89. The van der Waals surface area contributed by atoms with Crippen LogP contribution in [0.4, 0.5) is 0 Å². The summed E-state index contributed by atoms with van der Waals surface area (Å²) in [6.45, 7) is 0.316. The maximum absolute atomic E-state index is 12.4. The Labute approximate surface area is 134 Å². The highest BCUT2D eigenvalue weighted by atomic mass is 32.2. The second-order valence-electron chi connectivity index (χ2n) is 5.95. The van der Waals surface area contributed by atoms with Crippen LogP contribution in [0.5, 0.6) is 0 Å². The Morgan fingerprint density at radius 2 is 1.96 bits per heavy atom. The van der Waals surface area contributed by atoms with E-state index in [0.29, 0.717) is 6.54 Å². The Balaban J connectivity index is 1.78. The predicted molar refractivity (Wildman–Crippen MR) is 84.9 cm³/mol. The molecule has 1 heterocycles. The highest BCUT2D eigenvalue weighted by Crippen LogP contribution is 2.47. The van der Waals surface area contributed by atoms with Gasteiger partial charge in [0.1, 0.15) is 10.6 Å². The van der Waals surface area contributed by atoms with Crippen molar-refractivity contribution in [2.24, 2.45) is 7.05 Å². The number of carbonyl (C=O) groups is 1. The molecule has 6 nitrogen and oxygen atoms in total. The van der Waals surface area contributed by atoms with Gasteiger partial charge in [0.15, 0.2) is 0 Å². The van der Waals surface area contributed by atoms with Crippen LogP contribution in [0.15, 0.2) is 47.5 Å². The summed E-state index contributed by atoms with van der Waals surface area (Å²) < 4.78 is 28.7. The van der Waals surface area contributed by atoms with E-state index in [0.717, 1.165) is 18.4 Å². The smallest absolute Gasteiger partial charge is 0.352 e. The molecule has 0 aliphatic heterocycles. The number of rotatable bonds is 6. The van der Waals surface area contributed by atoms with Gasteiger partial charge in [-0.05, 0) is 24.5 Å². The number of carboxylic acid groups (broad SMARTS) is 1. The Morgan fingerprint density at radius 1 is 1.30 bits per heavy atom. The van der Waals surface area contributed by atoms with Gasteiger partial charge in [-0.15, -0.1) is 0 Å². The van der Waals surface area contributed by atoms with E-state index < -0.39 is 16.0 Å². The number of nitrogens with one attached hydrogen (secondary N) is 1. The Bertz CT molecular complexity index is 836. The van der Waals surface area contributed by atoms with Crippen LogP contribution in [0.25, 0.3) is 0 Å². The fraction of sp³-hybridized carbons (Fsp3) is 0.312. The first-order valence-corrected chi connectivity index (χ1v) is 8.77. The molecule has 0 saturated heterocycles. The maximum atomic E-state index is 12.4. The molecule has 3 rings (SSSR count). The molecule has 23 heavy (non-hydrogen) atoms. The molecular formula is C16H18N2O4S. The van der Waals surface area contributed by atoms with Crippen LogP contribution in [0.2, 0.25) is 0 Å². The number of hydrogen-bond donors (Lipinski definition) is 2. The first-order valence-electron chi connectivity index (χ1n) is 7.29. The minimum absolute atomic E-state index is 0.0266. The number of carboxylic acids is 1. The van der Waals surface area contributed by atoms with Crippen molar-refractivity contribution in [2.75, 3.05) is 6.54 Å². The number of nitrogens with zero attached hydrogens (tertiary/aromatic N) is 1. The van der Waals surface area contributed by atoms with Crippen molar-refractivity contribution in [1.82, 2.24) is 9.29 Å². The largest absolute Gasteiger partial charge is 0.477 e. The minimum atomic E-state index is -3.73. The van der Waals surface area contributed by atoms with Gasteiger partial charge < -0.3 is 9.67 Å². The van der Waals surface area contributed by atoms with Gasteiger partial charge in [-0.3, -0.25) is 0 Å². The van der Waals surface area contributed by atoms with E-state index in [4.69, 9.17) is 5.11 Å². The third kappa shape index (κ3) is 3.02. The summed E-state index contributed by atoms with van der Waals surface area (Å²) >= 11 is 0. The van der Waals surface area contributed by atoms with E-state index in [2.05, 4.69) is 4.72 Å². The molecule has 2 N–H and O–H groups in total. The zero-order valence-corrected chi connectivity index (χ0v) is 13.5. The van der Waals surface area contributed by atoms with Crippen molar-refractivity contribution in [3.05, 3.63) is 53.9 Å². The molecule has 7 heteroatoms. The molecule has 0 bridgehead atoms. The van der Waals surface area contributed by atoms with Gasteiger partial charge in [0.05, 0.1) is 0 Å². The van der Waals surface area contributed by atoms with Crippen LogP contribution < -0.4 is 4.72 Å². The normalized spacial score (nSPS) is 16.2. The van der Waals surface area contributed by atoms with E-state index in [9.17, 15) is 13.2 Å². The lowest BCUT2D eigenvalue weighted by molar-refractivity contribution is 0.0686. The van der Waals surface area contributed by atoms with E-state index in [-0.39, 0.29) is 16.0 Å². The van der Waals surface area contributed by atoms with Gasteiger partial charge >= 0.3 is 5.97 Å². The standard InChI is InChI=1S/C16H18N2O4S/c1-18-10-13(9-14(18)15(19)20)23(21,22)17-11-16(7-8-16)12-5-3-2-4-6-12/h2-6,9-10,17H,7-8,11H2,1H3,(H,19,20). The lowest BCUT2D eigenvalue weighted by atomic mass is 9.96. The number of aromatic nitrogens is 1. The van der Waals surface area contributed by atoms with Crippen LogP contribution in [0.1, 0.15) is 28.9 Å². The number of hydrogen-bond acceptors (Lipinski definition) is 3. The van der Waals surface area contributed by atoms with Gasteiger partial charge in [0.2, 0.25) is 10.0 Å². The van der Waals surface area contributed by atoms with Crippen LogP contribution in [-0.4, -0.2) is 30.6 Å². The van der Waals surface area contributed by atoms with Gasteiger partial charge in [0, 0.05) is 25.2 Å². The minimum Gasteiger partial charge on any atom is -0.477 e. The summed E-state index contributed by atoms with van der Waals surface area (Å²) in [5, 5.41) is 9.03. The SMILES string of the molecule is Cn1cc(S(=O)(=O)NCC2(c3ccccc3)CC2)cc1C(=O)O. The summed E-state index contributed by atoms with van der Waals surface area (Å²) in [5.74, 6) is -1.16. The van der Waals surface area contributed by atoms with E-state index >= 15 is 0 Å². The van der Waals surface area contributed by atoms with Crippen molar-refractivity contribution >= 4 is 16.0 Å². The molecule has 2 aromatic rings. The van der Waals surface area contributed by atoms with Gasteiger partial charge in [0.25, 0.3) is 0 Å². The third-order valence-corrected chi connectivity index (χ3v) is 5.72. The van der Waals surface area contributed by atoms with E-state index in [1.54, 1.807) is 0 Å². The second kappa shape index (κ2) is 5.50. The molecule has 122 valence electrons. The molecule has 1 aliphatic carbocycles. The van der Waals surface area contributed by atoms with Gasteiger partial charge in [-0.25, -0.2) is 17.9 Å². The van der Waals surface area contributed by atoms with Crippen molar-refractivity contribution in [2.45, 2.75) is 23.2 Å². The lowest BCUT2D eigenvalue weighted by Crippen LogP contribution is -2.32. The molecule has 1 saturated carbocycles. The van der Waals surface area contributed by atoms with Crippen LogP contribution in [0, 0.1) is 0 Å². The Hall–Kier alpha value is -2.12. The van der Waals surface area contributed by atoms with Gasteiger partial charge in [-0.1, -0.05) is 30.3 Å². The number of benzene rings is 1. The fourth-order valence-corrected chi connectivity index (χ4v) is 3.92. The van der Waals surface area contributed by atoms with Crippen molar-refractivity contribution in [1.29, 1.82) is 0 Å². The molecule has 0 amide bonds. The molecule has 0 unspecified atom stereocenters. The first kappa shape index (κ1) is 15.8. The molecule has 0 spiro atoms. The summed E-state index contributed by atoms with van der Waals surface area (Å²) in [6, 6.07) is 11.0. The number of aryl methyl sites for hydroxylation is 1. The molecule has 1 aromatic heterocycles. The lowest BCUT2D eigenvalue weighted by Gasteiger charge is -2.16. The summed E-state index contributed by atoms with van der Waals surface area (Å²) in [4.78, 5) is 11.0. The highest BCUT2D eigenvalue weighted by Gasteiger charge is 2.44. The fourth-order valence-electron chi connectivity index (χ4n) is 2.72.